The van der Waals surface area contributed by atoms with Crippen molar-refractivity contribution in [1.29, 1.82) is 0 Å². The van der Waals surface area contributed by atoms with Gasteiger partial charge in [0.2, 0.25) is 5.13 Å². The first-order chi connectivity index (χ1) is 18.7. The maximum absolute atomic E-state index is 13.5. The monoisotopic (exact) mass is 562 g/mol. The Kier molecular flexibility index (Phi) is 7.22. The summed E-state index contributed by atoms with van der Waals surface area (Å²) in [4.78, 5) is 38.3. The molecule has 1 amide bonds. The number of thioether (sulfide) groups is 1. The highest BCUT2D eigenvalue weighted by molar-refractivity contribution is 8.00. The van der Waals surface area contributed by atoms with Crippen molar-refractivity contribution in [2.75, 3.05) is 4.90 Å². The molecule has 0 saturated carbocycles. The molecule has 1 atom stereocenters. The summed E-state index contributed by atoms with van der Waals surface area (Å²) in [5.41, 5.74) is 2.27. The number of carbonyl (C=O) groups is 2. The quantitative estimate of drug-likeness (QED) is 0.0569. The number of aryl methyl sites for hydroxylation is 1. The van der Waals surface area contributed by atoms with Gasteiger partial charge >= 0.3 is 5.91 Å². The number of aliphatic hydroxyl groups excluding tert-OH is 1. The lowest BCUT2D eigenvalue weighted by Crippen LogP contribution is -2.29. The third kappa shape index (κ3) is 5.29. The molecule has 2 heterocycles. The number of aliphatic hydroxyl groups is 1. The second-order valence-corrected chi connectivity index (χ2v) is 10.8. The van der Waals surface area contributed by atoms with Crippen molar-refractivity contribution in [2.45, 2.75) is 23.1 Å². The molecular weight excluding hydrogens is 543 g/mol. The third-order valence-corrected chi connectivity index (χ3v) is 8.19. The number of carbonyl (C=O) groups excluding carboxylic acids is 2. The molecule has 1 fully saturated rings. The van der Waals surface area contributed by atoms with Gasteiger partial charge in [0.05, 0.1) is 16.5 Å². The molecule has 1 N–H and O–H groups in total. The molecule has 196 valence electrons. The number of hydrogen-bond donors (Lipinski definition) is 1. The molecule has 1 aliphatic heterocycles. The van der Waals surface area contributed by atoms with Crippen LogP contribution in [-0.4, -0.2) is 31.9 Å². The molecule has 39 heavy (non-hydrogen) atoms. The number of Topliss-reactive ketones (excluding diaryl/α,β-unsaturated/α-hetero) is 1. The average Bonchev–Trinajstić information content (AvgIpc) is 3.50. The molecule has 0 bridgehead atoms. The Morgan fingerprint density at radius 2 is 1.72 bits per heavy atom. The summed E-state index contributed by atoms with van der Waals surface area (Å²) in [5.74, 6) is -2.33. The number of rotatable bonds is 7. The summed E-state index contributed by atoms with van der Waals surface area (Å²) in [6.07, 6.45) is 0. The predicted octanol–water partition coefficient (Wildman–Crippen LogP) is 5.81. The minimum absolute atomic E-state index is 0.130. The van der Waals surface area contributed by atoms with Crippen LogP contribution in [0.25, 0.3) is 5.76 Å². The van der Waals surface area contributed by atoms with E-state index < -0.39 is 34.2 Å². The lowest BCUT2D eigenvalue weighted by atomic mass is 9.95. The molecule has 9 nitrogen and oxygen atoms in total. The van der Waals surface area contributed by atoms with Crippen LogP contribution in [0.4, 0.5) is 15.2 Å². The van der Waals surface area contributed by atoms with E-state index in [1.54, 1.807) is 0 Å². The fourth-order valence-corrected chi connectivity index (χ4v) is 5.90. The molecule has 4 aromatic rings. The second kappa shape index (κ2) is 10.8. The molecule has 12 heteroatoms. The first kappa shape index (κ1) is 26.2. The minimum Gasteiger partial charge on any atom is -0.507 e. The van der Waals surface area contributed by atoms with Crippen LogP contribution in [0.2, 0.25) is 0 Å². The minimum atomic E-state index is -1.14. The molecule has 0 aliphatic carbocycles. The summed E-state index contributed by atoms with van der Waals surface area (Å²) in [6.45, 7) is 2.00. The molecule has 1 saturated heterocycles. The first-order valence-electron chi connectivity index (χ1n) is 11.6. The summed E-state index contributed by atoms with van der Waals surface area (Å²) >= 11 is 2.53. The molecule has 3 aromatic carbocycles. The van der Waals surface area contributed by atoms with Gasteiger partial charge < -0.3 is 5.11 Å². The number of anilines is 1. The maximum atomic E-state index is 13.5. The number of aromatic nitrogens is 2. The zero-order valence-electron chi connectivity index (χ0n) is 20.3. The number of nitrogens with zero attached hydrogens (tertiary/aromatic N) is 4. The average molecular weight is 563 g/mol. The van der Waals surface area contributed by atoms with E-state index in [2.05, 4.69) is 10.2 Å². The normalized spacial score (nSPS) is 16.6. The van der Waals surface area contributed by atoms with Gasteiger partial charge in [-0.3, -0.25) is 24.6 Å². The molecular formula is C27H19FN4O5S2. The van der Waals surface area contributed by atoms with E-state index in [4.69, 9.17) is 0 Å². The Hall–Kier alpha value is -4.42. The zero-order chi connectivity index (χ0) is 27.7. The number of hydrogen-bond acceptors (Lipinski definition) is 9. The van der Waals surface area contributed by atoms with Crippen LogP contribution in [0.3, 0.4) is 0 Å². The summed E-state index contributed by atoms with van der Waals surface area (Å²) in [7, 11) is 0. The lowest BCUT2D eigenvalue weighted by molar-refractivity contribution is -0.384. The van der Waals surface area contributed by atoms with E-state index in [1.165, 1.54) is 48.2 Å². The van der Waals surface area contributed by atoms with Crippen molar-refractivity contribution in [3.8, 4) is 0 Å². The standard InChI is InChI=1S/C27H19FN4O5S2/c1-15-2-4-16(5-3-15)14-38-27-30-29-26(39-27)31-22(17-8-12-20(13-9-17)32(36)37)21(24(34)25(31)35)23(33)18-6-10-19(28)11-7-18/h2-13,22,33H,14H2,1H3/b23-21-. The first-order valence-corrected chi connectivity index (χ1v) is 13.4. The Labute approximate surface area is 229 Å². The van der Waals surface area contributed by atoms with E-state index >= 15 is 0 Å². The van der Waals surface area contributed by atoms with Crippen molar-refractivity contribution in [3.63, 3.8) is 0 Å². The van der Waals surface area contributed by atoms with E-state index in [0.29, 0.717) is 15.7 Å². The molecule has 1 aliphatic rings. The van der Waals surface area contributed by atoms with Crippen LogP contribution >= 0.6 is 23.1 Å². The molecule has 5 rings (SSSR count). The molecule has 1 aromatic heterocycles. The van der Waals surface area contributed by atoms with Crippen molar-refractivity contribution in [2.24, 2.45) is 0 Å². The van der Waals surface area contributed by atoms with E-state index in [-0.39, 0.29) is 22.0 Å². The van der Waals surface area contributed by atoms with Crippen molar-refractivity contribution in [3.05, 3.63) is 117 Å². The predicted molar refractivity (Wildman–Crippen MR) is 145 cm³/mol. The van der Waals surface area contributed by atoms with Gasteiger partial charge in [0.25, 0.3) is 11.5 Å². The van der Waals surface area contributed by atoms with Gasteiger partial charge in [-0.15, -0.1) is 10.2 Å². The number of halogens is 1. The third-order valence-electron chi connectivity index (χ3n) is 6.07. The molecule has 0 radical (unpaired) electrons. The van der Waals surface area contributed by atoms with Gasteiger partial charge in [0.1, 0.15) is 11.6 Å². The van der Waals surface area contributed by atoms with E-state index in [0.717, 1.165) is 39.5 Å². The fourth-order valence-electron chi connectivity index (χ4n) is 4.07. The lowest BCUT2D eigenvalue weighted by Gasteiger charge is -2.22. The number of amides is 1. The van der Waals surface area contributed by atoms with Crippen LogP contribution in [0.15, 0.2) is 82.7 Å². The molecule has 1 unspecified atom stereocenters. The van der Waals surface area contributed by atoms with Crippen LogP contribution in [0, 0.1) is 22.9 Å². The number of benzene rings is 3. The zero-order valence-corrected chi connectivity index (χ0v) is 21.9. The number of nitro groups is 1. The van der Waals surface area contributed by atoms with Crippen LogP contribution < -0.4 is 4.90 Å². The maximum Gasteiger partial charge on any atom is 0.301 e. The van der Waals surface area contributed by atoms with E-state index in [9.17, 15) is 29.2 Å². The fraction of sp³-hybridized carbons (Fsp3) is 0.111. The van der Waals surface area contributed by atoms with Gasteiger partial charge in [-0.05, 0) is 54.4 Å². The second-order valence-electron chi connectivity index (χ2n) is 8.65. The van der Waals surface area contributed by atoms with Crippen LogP contribution in [0.5, 0.6) is 0 Å². The van der Waals surface area contributed by atoms with Gasteiger partial charge in [-0.25, -0.2) is 4.39 Å². The Morgan fingerprint density at radius 3 is 2.36 bits per heavy atom. The Bertz CT molecular complexity index is 1600. The van der Waals surface area contributed by atoms with Gasteiger partial charge in [-0.1, -0.05) is 52.9 Å². The topological polar surface area (TPSA) is 127 Å². The summed E-state index contributed by atoms with van der Waals surface area (Å²) < 4.78 is 14.1. The number of non-ortho nitro benzene ring substituents is 1. The Balaban J connectivity index is 1.54. The largest absolute Gasteiger partial charge is 0.507 e. The van der Waals surface area contributed by atoms with Crippen LogP contribution in [-0.2, 0) is 15.3 Å². The highest BCUT2D eigenvalue weighted by atomic mass is 32.2. The smallest absolute Gasteiger partial charge is 0.301 e. The van der Waals surface area contributed by atoms with Gasteiger partial charge in [0.15, 0.2) is 4.34 Å². The summed E-state index contributed by atoms with van der Waals surface area (Å²) in [5, 5.41) is 30.7. The molecule has 0 spiro atoms. The van der Waals surface area contributed by atoms with Crippen LogP contribution in [0.1, 0.15) is 28.3 Å². The van der Waals surface area contributed by atoms with Crippen molar-refractivity contribution >= 4 is 51.4 Å². The number of ketones is 1. The van der Waals surface area contributed by atoms with E-state index in [1.807, 2.05) is 31.2 Å². The summed E-state index contributed by atoms with van der Waals surface area (Å²) in [6, 6.07) is 17.0. The highest BCUT2D eigenvalue weighted by Crippen LogP contribution is 2.44. The number of nitro benzene ring substituents is 1. The van der Waals surface area contributed by atoms with Crippen molar-refractivity contribution in [1.82, 2.24) is 10.2 Å². The SMILES string of the molecule is Cc1ccc(CSc2nnc(N3C(=O)C(=O)/C(=C(\O)c4ccc(F)cc4)C3c3ccc([N+](=O)[O-])cc3)s2)cc1. The highest BCUT2D eigenvalue weighted by Gasteiger charge is 2.48. The van der Waals surface area contributed by atoms with Gasteiger partial charge in [0, 0.05) is 23.4 Å². The van der Waals surface area contributed by atoms with Crippen molar-refractivity contribution < 1.29 is 24.0 Å². The Morgan fingerprint density at radius 1 is 1.05 bits per heavy atom. The van der Waals surface area contributed by atoms with Gasteiger partial charge in [-0.2, -0.15) is 0 Å².